The van der Waals surface area contributed by atoms with Gasteiger partial charge in [-0.15, -0.1) is 0 Å². The first-order chi connectivity index (χ1) is 8.95. The van der Waals surface area contributed by atoms with Crippen LogP contribution in [0.15, 0.2) is 18.2 Å². The highest BCUT2D eigenvalue weighted by Gasteiger charge is 2.31. The van der Waals surface area contributed by atoms with E-state index in [1.54, 1.807) is 0 Å². The fourth-order valence-electron chi connectivity index (χ4n) is 2.71. The summed E-state index contributed by atoms with van der Waals surface area (Å²) in [5, 5.41) is 3.59. The third-order valence-electron chi connectivity index (χ3n) is 4.08. The van der Waals surface area contributed by atoms with Gasteiger partial charge in [-0.05, 0) is 45.7 Å². The molecule has 0 heterocycles. The Morgan fingerprint density at radius 1 is 1.16 bits per heavy atom. The van der Waals surface area contributed by atoms with Crippen LogP contribution in [0.5, 0.6) is 0 Å². The van der Waals surface area contributed by atoms with E-state index in [2.05, 4.69) is 58.1 Å². The molecule has 0 amide bonds. The number of nitrogens with one attached hydrogen (secondary N) is 1. The molecule has 2 atom stereocenters. The van der Waals surface area contributed by atoms with E-state index < -0.39 is 0 Å². The van der Waals surface area contributed by atoms with Crippen LogP contribution in [0.2, 0.25) is 0 Å². The lowest BCUT2D eigenvalue weighted by Crippen LogP contribution is -2.51. The lowest BCUT2D eigenvalue weighted by Gasteiger charge is -2.36. The van der Waals surface area contributed by atoms with Crippen LogP contribution < -0.4 is 5.32 Å². The van der Waals surface area contributed by atoms with Gasteiger partial charge >= 0.3 is 0 Å². The second-order valence-corrected chi connectivity index (χ2v) is 5.68. The van der Waals surface area contributed by atoms with Gasteiger partial charge in [0.2, 0.25) is 0 Å². The summed E-state index contributed by atoms with van der Waals surface area (Å²) in [4.78, 5) is 0. The Bertz CT molecular complexity index is 376. The van der Waals surface area contributed by atoms with E-state index in [4.69, 9.17) is 4.74 Å². The highest BCUT2D eigenvalue weighted by Crippen LogP contribution is 2.23. The highest BCUT2D eigenvalue weighted by molar-refractivity contribution is 5.29. The fourth-order valence-corrected chi connectivity index (χ4v) is 2.71. The van der Waals surface area contributed by atoms with Crippen molar-refractivity contribution >= 4 is 0 Å². The molecule has 108 valence electrons. The molecule has 1 aromatic rings. The topological polar surface area (TPSA) is 21.3 Å². The van der Waals surface area contributed by atoms with Crippen LogP contribution in [0.1, 0.15) is 43.9 Å². The molecule has 0 aliphatic heterocycles. The zero-order valence-corrected chi connectivity index (χ0v) is 13.3. The summed E-state index contributed by atoms with van der Waals surface area (Å²) < 4.78 is 5.77. The monoisotopic (exact) mass is 263 g/mol. The van der Waals surface area contributed by atoms with Crippen molar-refractivity contribution in [1.29, 1.82) is 0 Å². The number of likely N-dealkylation sites (N-methyl/N-ethyl adjacent to an activating group) is 1. The van der Waals surface area contributed by atoms with Gasteiger partial charge in [-0.25, -0.2) is 0 Å². The van der Waals surface area contributed by atoms with Gasteiger partial charge in [0.05, 0.1) is 5.60 Å². The van der Waals surface area contributed by atoms with Gasteiger partial charge in [-0.1, -0.05) is 43.2 Å². The number of methoxy groups -OCH3 is 1. The first-order valence-corrected chi connectivity index (χ1v) is 7.30. The van der Waals surface area contributed by atoms with Crippen LogP contribution in [0.3, 0.4) is 0 Å². The van der Waals surface area contributed by atoms with Crippen molar-refractivity contribution in [3.05, 3.63) is 34.9 Å². The van der Waals surface area contributed by atoms with E-state index in [-0.39, 0.29) is 5.60 Å². The Labute approximate surface area is 118 Å². The summed E-state index contributed by atoms with van der Waals surface area (Å²) in [6.45, 7) is 11.8. The minimum absolute atomic E-state index is 0.117. The maximum absolute atomic E-state index is 5.77. The summed E-state index contributed by atoms with van der Waals surface area (Å²) >= 11 is 0. The molecule has 2 nitrogen and oxygen atoms in total. The highest BCUT2D eigenvalue weighted by atomic mass is 16.5. The Hall–Kier alpha value is -0.860. The Morgan fingerprint density at radius 3 is 2.16 bits per heavy atom. The van der Waals surface area contributed by atoms with Crippen LogP contribution in [0.25, 0.3) is 0 Å². The SMILES string of the molecule is CCNC(Cc1cc(C)cc(C)c1)C(C)(CC)OC. The van der Waals surface area contributed by atoms with Crippen LogP contribution in [-0.2, 0) is 11.2 Å². The molecular formula is C17H29NO. The fraction of sp³-hybridized carbons (Fsp3) is 0.647. The van der Waals surface area contributed by atoms with E-state index in [1.165, 1.54) is 16.7 Å². The van der Waals surface area contributed by atoms with Crippen LogP contribution in [0, 0.1) is 13.8 Å². The van der Waals surface area contributed by atoms with Crippen molar-refractivity contribution < 1.29 is 4.74 Å². The predicted octanol–water partition coefficient (Wildman–Crippen LogP) is 3.64. The Balaban J connectivity index is 2.94. The van der Waals surface area contributed by atoms with Gasteiger partial charge in [0.25, 0.3) is 0 Å². The molecule has 0 aliphatic rings. The van der Waals surface area contributed by atoms with Crippen molar-refractivity contribution in [3.8, 4) is 0 Å². The van der Waals surface area contributed by atoms with Gasteiger partial charge in [-0.2, -0.15) is 0 Å². The minimum Gasteiger partial charge on any atom is -0.377 e. The molecule has 1 aromatic carbocycles. The summed E-state index contributed by atoms with van der Waals surface area (Å²) in [5.41, 5.74) is 3.94. The molecule has 2 unspecified atom stereocenters. The average Bonchev–Trinajstić information content (AvgIpc) is 2.36. The average molecular weight is 263 g/mol. The maximum atomic E-state index is 5.77. The van der Waals surface area contributed by atoms with E-state index in [0.717, 1.165) is 19.4 Å². The van der Waals surface area contributed by atoms with E-state index in [0.29, 0.717) is 6.04 Å². The van der Waals surface area contributed by atoms with Crippen LogP contribution in [-0.4, -0.2) is 25.3 Å². The number of hydrogen-bond acceptors (Lipinski definition) is 2. The third kappa shape index (κ3) is 4.32. The van der Waals surface area contributed by atoms with Gasteiger partial charge in [0, 0.05) is 13.2 Å². The normalized spacial score (nSPS) is 16.1. The molecule has 0 aromatic heterocycles. The molecule has 1 N–H and O–H groups in total. The lowest BCUT2D eigenvalue weighted by atomic mass is 9.87. The molecular weight excluding hydrogens is 234 g/mol. The van der Waals surface area contributed by atoms with Crippen molar-refractivity contribution in [2.24, 2.45) is 0 Å². The molecule has 0 spiro atoms. The quantitative estimate of drug-likeness (QED) is 0.811. The van der Waals surface area contributed by atoms with Gasteiger partial charge in [0.1, 0.15) is 0 Å². The molecule has 0 radical (unpaired) electrons. The Morgan fingerprint density at radius 2 is 1.74 bits per heavy atom. The molecule has 0 saturated heterocycles. The smallest absolute Gasteiger partial charge is 0.0803 e. The zero-order valence-electron chi connectivity index (χ0n) is 13.3. The molecule has 0 aliphatic carbocycles. The van der Waals surface area contributed by atoms with Gasteiger partial charge < -0.3 is 10.1 Å². The number of hydrogen-bond donors (Lipinski definition) is 1. The molecule has 2 heteroatoms. The summed E-state index contributed by atoms with van der Waals surface area (Å²) in [6, 6.07) is 7.13. The van der Waals surface area contributed by atoms with Gasteiger partial charge in [-0.3, -0.25) is 0 Å². The predicted molar refractivity (Wildman–Crippen MR) is 82.8 cm³/mol. The van der Waals surface area contributed by atoms with Crippen LogP contribution >= 0.6 is 0 Å². The molecule has 1 rings (SSSR count). The zero-order chi connectivity index (χ0) is 14.5. The second-order valence-electron chi connectivity index (χ2n) is 5.68. The molecule has 0 fully saturated rings. The van der Waals surface area contributed by atoms with Crippen molar-refractivity contribution in [1.82, 2.24) is 5.32 Å². The van der Waals surface area contributed by atoms with Crippen molar-refractivity contribution in [2.75, 3.05) is 13.7 Å². The van der Waals surface area contributed by atoms with E-state index in [9.17, 15) is 0 Å². The van der Waals surface area contributed by atoms with Crippen molar-refractivity contribution in [2.45, 2.75) is 59.1 Å². The van der Waals surface area contributed by atoms with E-state index >= 15 is 0 Å². The molecule has 19 heavy (non-hydrogen) atoms. The van der Waals surface area contributed by atoms with Gasteiger partial charge in [0.15, 0.2) is 0 Å². The summed E-state index contributed by atoms with van der Waals surface area (Å²) in [7, 11) is 1.81. The third-order valence-corrected chi connectivity index (χ3v) is 4.08. The number of rotatable bonds is 7. The number of benzene rings is 1. The second kappa shape index (κ2) is 7.06. The van der Waals surface area contributed by atoms with Crippen LogP contribution in [0.4, 0.5) is 0 Å². The lowest BCUT2D eigenvalue weighted by molar-refractivity contribution is -0.0283. The first-order valence-electron chi connectivity index (χ1n) is 7.30. The first kappa shape index (κ1) is 16.2. The standard InChI is InChI=1S/C17H29NO/c1-7-17(5,19-6)16(18-8-2)12-15-10-13(3)9-14(4)11-15/h9-11,16,18H,7-8,12H2,1-6H3. The number of aryl methyl sites for hydroxylation is 2. The van der Waals surface area contributed by atoms with E-state index in [1.807, 2.05) is 7.11 Å². The molecule has 0 saturated carbocycles. The minimum atomic E-state index is -0.117. The maximum Gasteiger partial charge on any atom is 0.0803 e. The number of ether oxygens (including phenoxy) is 1. The Kier molecular flexibility index (Phi) is 6.02. The van der Waals surface area contributed by atoms with Crippen molar-refractivity contribution in [3.63, 3.8) is 0 Å². The largest absolute Gasteiger partial charge is 0.377 e. The summed E-state index contributed by atoms with van der Waals surface area (Å²) in [5.74, 6) is 0. The summed E-state index contributed by atoms with van der Waals surface area (Å²) in [6.07, 6.45) is 2.01. The molecule has 0 bridgehead atoms.